The van der Waals surface area contributed by atoms with Crippen molar-refractivity contribution in [2.45, 2.75) is 78.6 Å². The van der Waals surface area contributed by atoms with Crippen LogP contribution < -0.4 is 15.5 Å². The highest BCUT2D eigenvalue weighted by Gasteiger charge is 2.27. The predicted molar refractivity (Wildman–Crippen MR) is 163 cm³/mol. The van der Waals surface area contributed by atoms with E-state index in [1.807, 2.05) is 42.5 Å². The van der Waals surface area contributed by atoms with Crippen molar-refractivity contribution in [2.24, 2.45) is 0 Å². The van der Waals surface area contributed by atoms with E-state index in [0.717, 1.165) is 59.9 Å². The van der Waals surface area contributed by atoms with E-state index in [1.165, 1.54) is 0 Å². The lowest BCUT2D eigenvalue weighted by Gasteiger charge is -2.32. The molecule has 1 aliphatic rings. The van der Waals surface area contributed by atoms with E-state index in [0.29, 0.717) is 16.8 Å². The summed E-state index contributed by atoms with van der Waals surface area (Å²) in [5.41, 5.74) is 2.29. The normalized spacial score (nSPS) is 13.8. The molecular formula is C33H40N4O4. The number of fused-ring (bicyclic) bond motifs is 1. The molecule has 216 valence electrons. The number of nitriles is 1. The zero-order chi connectivity index (χ0) is 29.8. The van der Waals surface area contributed by atoms with Crippen LogP contribution in [0.1, 0.15) is 71.9 Å². The van der Waals surface area contributed by atoms with Gasteiger partial charge < -0.3 is 19.7 Å². The molecule has 4 rings (SSSR count). The second-order valence-electron chi connectivity index (χ2n) is 12.4. The number of carbonyl (C=O) groups excluding carboxylic acids is 2. The molecule has 0 saturated carbocycles. The number of hydrogen-bond donors (Lipinski definition) is 2. The number of nitrogens with one attached hydrogen (secondary N) is 2. The molecular weight excluding hydrogens is 516 g/mol. The van der Waals surface area contributed by atoms with Crippen molar-refractivity contribution >= 4 is 34.3 Å². The molecule has 0 atom stereocenters. The first-order valence-corrected chi connectivity index (χ1v) is 14.2. The van der Waals surface area contributed by atoms with Crippen LogP contribution >= 0.6 is 0 Å². The van der Waals surface area contributed by atoms with E-state index in [2.05, 4.69) is 27.7 Å². The number of ether oxygens (including phenoxy) is 2. The molecule has 1 heterocycles. The molecule has 41 heavy (non-hydrogen) atoms. The fourth-order valence-corrected chi connectivity index (χ4v) is 5.02. The van der Waals surface area contributed by atoms with Crippen LogP contribution in [-0.2, 0) is 16.0 Å². The van der Waals surface area contributed by atoms with Crippen LogP contribution in [0.25, 0.3) is 21.9 Å². The number of anilines is 2. The summed E-state index contributed by atoms with van der Waals surface area (Å²) in [4.78, 5) is 28.1. The monoisotopic (exact) mass is 556 g/mol. The highest BCUT2D eigenvalue weighted by atomic mass is 16.6. The van der Waals surface area contributed by atoms with Gasteiger partial charge in [0.05, 0.1) is 16.9 Å². The Balaban J connectivity index is 1.92. The Kier molecular flexibility index (Phi) is 8.77. The summed E-state index contributed by atoms with van der Waals surface area (Å²) < 4.78 is 11.1. The number of alkyl carbamates (subject to hydrolysis) is 1. The van der Waals surface area contributed by atoms with E-state index in [4.69, 9.17) is 9.47 Å². The topological polar surface area (TPSA) is 104 Å². The van der Waals surface area contributed by atoms with E-state index in [-0.39, 0.29) is 6.54 Å². The van der Waals surface area contributed by atoms with Gasteiger partial charge in [0.15, 0.2) is 0 Å². The van der Waals surface area contributed by atoms with Crippen LogP contribution in [0.4, 0.5) is 21.0 Å². The zero-order valence-electron chi connectivity index (χ0n) is 24.9. The third-order valence-corrected chi connectivity index (χ3v) is 6.71. The highest BCUT2D eigenvalue weighted by Crippen LogP contribution is 2.41. The van der Waals surface area contributed by atoms with Gasteiger partial charge in [-0.25, -0.2) is 9.59 Å². The van der Waals surface area contributed by atoms with E-state index in [1.54, 1.807) is 41.5 Å². The lowest BCUT2D eigenvalue weighted by atomic mass is 9.92. The van der Waals surface area contributed by atoms with Crippen LogP contribution in [0, 0.1) is 11.3 Å². The van der Waals surface area contributed by atoms with Crippen molar-refractivity contribution in [2.75, 3.05) is 23.3 Å². The molecule has 8 nitrogen and oxygen atoms in total. The minimum Gasteiger partial charge on any atom is -0.444 e. The number of carbonyl (C=O) groups is 2. The minimum absolute atomic E-state index is 0.0226. The van der Waals surface area contributed by atoms with E-state index in [9.17, 15) is 14.9 Å². The Hall–Kier alpha value is -4.25. The Morgan fingerprint density at radius 1 is 0.878 bits per heavy atom. The van der Waals surface area contributed by atoms with Gasteiger partial charge in [-0.3, -0.25) is 5.32 Å². The summed E-state index contributed by atoms with van der Waals surface area (Å²) in [6, 6.07) is 18.6. The van der Waals surface area contributed by atoms with Gasteiger partial charge in [-0.05, 0) is 89.3 Å². The molecule has 3 aromatic carbocycles. The Bertz CT molecular complexity index is 1470. The lowest BCUT2D eigenvalue weighted by Crippen LogP contribution is -2.34. The fourth-order valence-electron chi connectivity index (χ4n) is 5.02. The number of hydrogen-bond acceptors (Lipinski definition) is 6. The second kappa shape index (κ2) is 12.1. The number of amides is 2. The first-order chi connectivity index (χ1) is 19.3. The number of rotatable bonds is 5. The van der Waals surface area contributed by atoms with Gasteiger partial charge >= 0.3 is 12.2 Å². The smallest absolute Gasteiger partial charge is 0.412 e. The average Bonchev–Trinajstić information content (AvgIpc) is 2.90. The Morgan fingerprint density at radius 2 is 1.51 bits per heavy atom. The largest absolute Gasteiger partial charge is 0.444 e. The molecule has 0 spiro atoms. The average molecular weight is 557 g/mol. The maximum absolute atomic E-state index is 13.1. The van der Waals surface area contributed by atoms with Crippen LogP contribution in [0.2, 0.25) is 0 Å². The first kappa shape index (κ1) is 29.7. The van der Waals surface area contributed by atoms with Crippen molar-refractivity contribution < 1.29 is 19.1 Å². The Morgan fingerprint density at radius 3 is 2.15 bits per heavy atom. The van der Waals surface area contributed by atoms with Crippen LogP contribution in [0.3, 0.4) is 0 Å². The van der Waals surface area contributed by atoms with Crippen molar-refractivity contribution in [1.82, 2.24) is 5.32 Å². The van der Waals surface area contributed by atoms with Gasteiger partial charge in [0.25, 0.3) is 0 Å². The van der Waals surface area contributed by atoms with Crippen molar-refractivity contribution in [3.63, 3.8) is 0 Å². The summed E-state index contributed by atoms with van der Waals surface area (Å²) >= 11 is 0. The van der Waals surface area contributed by atoms with Gasteiger partial charge in [0.2, 0.25) is 0 Å². The van der Waals surface area contributed by atoms with Crippen LogP contribution in [0.15, 0.2) is 48.5 Å². The molecule has 2 N–H and O–H groups in total. The highest BCUT2D eigenvalue weighted by molar-refractivity contribution is 5.98. The molecule has 0 aliphatic carbocycles. The maximum atomic E-state index is 13.1. The molecule has 1 saturated heterocycles. The standard InChI is InChI=1S/C33H40N4O4/c1-32(2,3)40-30(38)35-21-27-26(20-34)28(37-16-10-7-11-17-37)19-25(29(27)36-31(39)41-33(4,5)6)24-15-14-22-12-8-9-13-23(22)18-24/h8-9,12-15,18-19H,7,10-11,16-17,21H2,1-6H3,(H,35,38)(H,36,39). The first-order valence-electron chi connectivity index (χ1n) is 14.2. The van der Waals surface area contributed by atoms with Gasteiger partial charge in [-0.2, -0.15) is 5.26 Å². The molecule has 1 fully saturated rings. The van der Waals surface area contributed by atoms with Gasteiger partial charge in [0.1, 0.15) is 17.3 Å². The Labute approximate surface area is 242 Å². The molecule has 0 aromatic heterocycles. The summed E-state index contributed by atoms with van der Waals surface area (Å²) in [6.07, 6.45) is 1.94. The van der Waals surface area contributed by atoms with Gasteiger partial charge in [0, 0.05) is 30.8 Å². The third-order valence-electron chi connectivity index (χ3n) is 6.71. The summed E-state index contributed by atoms with van der Waals surface area (Å²) in [6.45, 7) is 12.4. The van der Waals surface area contributed by atoms with Crippen LogP contribution in [-0.4, -0.2) is 36.5 Å². The van der Waals surface area contributed by atoms with Crippen LogP contribution in [0.5, 0.6) is 0 Å². The van der Waals surface area contributed by atoms with Gasteiger partial charge in [-0.15, -0.1) is 0 Å². The van der Waals surface area contributed by atoms with Crippen molar-refractivity contribution in [3.05, 3.63) is 59.7 Å². The lowest BCUT2D eigenvalue weighted by molar-refractivity contribution is 0.0523. The summed E-state index contributed by atoms with van der Waals surface area (Å²) in [7, 11) is 0. The second-order valence-corrected chi connectivity index (χ2v) is 12.4. The SMILES string of the molecule is CC(C)(C)OC(=O)NCc1c(C#N)c(N2CCCCC2)cc(-c2ccc3ccccc3c2)c1NC(=O)OC(C)(C)C. The van der Waals surface area contributed by atoms with Gasteiger partial charge in [-0.1, -0.05) is 36.4 Å². The van der Waals surface area contributed by atoms with E-state index >= 15 is 0 Å². The zero-order valence-corrected chi connectivity index (χ0v) is 24.9. The minimum atomic E-state index is -0.728. The number of piperidine rings is 1. The van der Waals surface area contributed by atoms with Crippen molar-refractivity contribution in [1.29, 1.82) is 5.26 Å². The fraction of sp³-hybridized carbons (Fsp3) is 0.424. The quantitative estimate of drug-likeness (QED) is 0.333. The van der Waals surface area contributed by atoms with Crippen molar-refractivity contribution in [3.8, 4) is 17.2 Å². The number of benzene rings is 3. The molecule has 3 aromatic rings. The predicted octanol–water partition coefficient (Wildman–Crippen LogP) is 7.74. The number of nitrogens with zero attached hydrogens (tertiary/aromatic N) is 2. The molecule has 1 aliphatic heterocycles. The third kappa shape index (κ3) is 7.69. The van der Waals surface area contributed by atoms with E-state index < -0.39 is 23.4 Å². The summed E-state index contributed by atoms with van der Waals surface area (Å²) in [5.74, 6) is 0. The molecule has 0 unspecified atom stereocenters. The molecule has 2 amide bonds. The molecule has 0 radical (unpaired) electrons. The maximum Gasteiger partial charge on any atom is 0.412 e. The molecule has 0 bridgehead atoms. The summed E-state index contributed by atoms with van der Waals surface area (Å²) in [5, 5.41) is 18.3. The molecule has 8 heteroatoms.